The van der Waals surface area contributed by atoms with Crippen LogP contribution in [0.2, 0.25) is 0 Å². The molecule has 5 aliphatic heterocycles. The van der Waals surface area contributed by atoms with E-state index in [1.807, 2.05) is 47.5 Å². The second-order valence-corrected chi connectivity index (χ2v) is 17.1. The molecule has 17 heteroatoms. The molecule has 64 heavy (non-hydrogen) atoms. The number of morpholine rings is 1. The van der Waals surface area contributed by atoms with E-state index >= 15 is 4.39 Å². The van der Waals surface area contributed by atoms with E-state index in [1.54, 1.807) is 4.68 Å². The normalized spacial score (nSPS) is 19.9. The van der Waals surface area contributed by atoms with E-state index in [4.69, 9.17) is 24.5 Å². The van der Waals surface area contributed by atoms with Crippen LogP contribution in [0.4, 0.5) is 21.6 Å². The Morgan fingerprint density at radius 3 is 2.23 bits per heavy atom. The van der Waals surface area contributed by atoms with Crippen molar-refractivity contribution in [2.24, 2.45) is 5.92 Å². The first kappa shape index (κ1) is 41.3. The van der Waals surface area contributed by atoms with Crippen molar-refractivity contribution in [3.8, 4) is 28.8 Å². The Morgan fingerprint density at radius 2 is 1.50 bits per heavy atom. The minimum Gasteiger partial charge on any atom is -0.424 e. The number of amides is 4. The number of imide groups is 2. The summed E-state index contributed by atoms with van der Waals surface area (Å²) in [6, 6.07) is 21.9. The van der Waals surface area contributed by atoms with Gasteiger partial charge in [-0.05, 0) is 80.6 Å². The molecule has 0 bridgehead atoms. The van der Waals surface area contributed by atoms with Gasteiger partial charge in [0.05, 0.1) is 35.7 Å². The van der Waals surface area contributed by atoms with Crippen molar-refractivity contribution in [2.45, 2.75) is 38.6 Å². The monoisotopic (exact) mass is 868 g/mol. The first-order chi connectivity index (χ1) is 31.1. The van der Waals surface area contributed by atoms with Gasteiger partial charge in [0.25, 0.3) is 11.8 Å². The van der Waals surface area contributed by atoms with E-state index in [0.29, 0.717) is 56.9 Å². The maximum absolute atomic E-state index is 15.5. The molecule has 2 aromatic heterocycles. The summed E-state index contributed by atoms with van der Waals surface area (Å²) in [5.74, 6) is -0.624. The summed E-state index contributed by atoms with van der Waals surface area (Å²) in [6.45, 7) is 10.5. The van der Waals surface area contributed by atoms with Crippen LogP contribution in [0.5, 0.6) is 11.8 Å². The molecule has 5 aromatic rings. The minimum atomic E-state index is -1.09. The second-order valence-electron chi connectivity index (χ2n) is 17.1. The Bertz CT molecular complexity index is 2600. The molecule has 1 N–H and O–H groups in total. The molecule has 1 unspecified atom stereocenters. The largest absolute Gasteiger partial charge is 0.424 e. The summed E-state index contributed by atoms with van der Waals surface area (Å²) in [6.07, 6.45) is 3.71. The number of carbonyl (C=O) groups excluding carboxylic acids is 4. The quantitative estimate of drug-likeness (QED) is 0.190. The topological polar surface area (TPSA) is 159 Å². The zero-order valence-electron chi connectivity index (χ0n) is 35.6. The van der Waals surface area contributed by atoms with Crippen molar-refractivity contribution in [3.63, 3.8) is 0 Å². The molecule has 0 saturated carbocycles. The predicted octanol–water partition coefficient (Wildman–Crippen LogP) is 4.85. The number of benzene rings is 3. The number of aromatic nitrogens is 4. The van der Waals surface area contributed by atoms with Crippen molar-refractivity contribution >= 4 is 40.8 Å². The Balaban J connectivity index is 0.732. The number of rotatable bonds is 10. The van der Waals surface area contributed by atoms with Crippen molar-refractivity contribution in [3.05, 3.63) is 102 Å². The van der Waals surface area contributed by atoms with Crippen LogP contribution in [0.3, 0.4) is 0 Å². The maximum atomic E-state index is 15.5. The van der Waals surface area contributed by atoms with Crippen molar-refractivity contribution < 1.29 is 33.0 Å². The van der Waals surface area contributed by atoms with Gasteiger partial charge in [0.2, 0.25) is 11.8 Å². The average molecular weight is 869 g/mol. The molecule has 4 amide bonds. The van der Waals surface area contributed by atoms with Crippen LogP contribution in [-0.2, 0) is 14.3 Å². The number of fused-ring (bicyclic) bond motifs is 1. The van der Waals surface area contributed by atoms with E-state index < -0.39 is 35.5 Å². The fraction of sp³-hybridized carbons (Fsp3) is 0.383. The number of hydrogen-bond acceptors (Lipinski definition) is 13. The Hall–Kier alpha value is -6.72. The molecule has 10 rings (SSSR count). The molecule has 0 spiro atoms. The number of aryl methyl sites for hydroxylation is 1. The van der Waals surface area contributed by atoms with Gasteiger partial charge in [0, 0.05) is 88.8 Å². The smallest absolute Gasteiger partial charge is 0.326 e. The molecule has 7 heterocycles. The number of hydrogen-bond donors (Lipinski definition) is 1. The van der Waals surface area contributed by atoms with Gasteiger partial charge in [0.1, 0.15) is 23.4 Å². The highest BCUT2D eigenvalue weighted by Crippen LogP contribution is 2.35. The van der Waals surface area contributed by atoms with Crippen LogP contribution in [0.25, 0.3) is 17.1 Å². The van der Waals surface area contributed by atoms with Crippen LogP contribution in [0, 0.1) is 18.7 Å². The molecule has 0 aliphatic carbocycles. The number of halogens is 1. The van der Waals surface area contributed by atoms with E-state index in [-0.39, 0.29) is 35.7 Å². The fourth-order valence-corrected chi connectivity index (χ4v) is 9.39. The van der Waals surface area contributed by atoms with E-state index in [2.05, 4.69) is 51.2 Å². The Kier molecular flexibility index (Phi) is 11.3. The van der Waals surface area contributed by atoms with Crippen LogP contribution in [-0.4, -0.2) is 131 Å². The maximum Gasteiger partial charge on any atom is 0.326 e. The molecule has 4 saturated heterocycles. The van der Waals surface area contributed by atoms with Gasteiger partial charge in [-0.15, -0.1) is 0 Å². The standard InChI is InChI=1S/C47H49FN10O6/c1-30-3-2-4-32(25-30)38-13-16-57(52-38)42-28-41(56-21-23-63-24-22-56)49-47(50-42)64-34-7-5-33(6-8-34)54-19-17-53(18-20-54)29-31-11-14-55(15-12-31)40-27-36-35(26-37(40)48)45(61)58(46(36)62)39-9-10-43(59)51-44(39)60/h2-8,13,16,25-28,31,39H,9-12,14-15,17-24,29H2,1H3,(H,51,59,60). The highest BCUT2D eigenvalue weighted by atomic mass is 19.1. The lowest BCUT2D eigenvalue weighted by molar-refractivity contribution is -0.136. The van der Waals surface area contributed by atoms with Gasteiger partial charge in [-0.2, -0.15) is 15.1 Å². The lowest BCUT2D eigenvalue weighted by Crippen LogP contribution is -2.54. The summed E-state index contributed by atoms with van der Waals surface area (Å²) < 4.78 is 29.2. The number of ether oxygens (including phenoxy) is 2. The lowest BCUT2D eigenvalue weighted by atomic mass is 9.95. The van der Waals surface area contributed by atoms with Gasteiger partial charge in [0.15, 0.2) is 5.82 Å². The van der Waals surface area contributed by atoms with Crippen molar-refractivity contribution in [1.82, 2.24) is 34.9 Å². The highest BCUT2D eigenvalue weighted by Gasteiger charge is 2.45. The summed E-state index contributed by atoms with van der Waals surface area (Å²) in [5.41, 5.74) is 4.49. The summed E-state index contributed by atoms with van der Waals surface area (Å²) in [5, 5.41) is 7.04. The van der Waals surface area contributed by atoms with Gasteiger partial charge < -0.3 is 24.2 Å². The average Bonchev–Trinajstić information content (AvgIpc) is 3.90. The SMILES string of the molecule is Cc1cccc(-c2ccn(-c3cc(N4CCOCC4)nc(Oc4ccc(N5CCN(CC6CCN(c7cc8c(cc7F)C(=O)N(C7CCC(=O)NC7=O)C8=O)CC6)CC5)cc4)n3)n2)c1. The van der Waals surface area contributed by atoms with E-state index in [9.17, 15) is 19.2 Å². The fourth-order valence-electron chi connectivity index (χ4n) is 9.39. The highest BCUT2D eigenvalue weighted by molar-refractivity contribution is 6.23. The minimum absolute atomic E-state index is 0.0221. The third-order valence-electron chi connectivity index (χ3n) is 12.9. The van der Waals surface area contributed by atoms with Gasteiger partial charge in [-0.25, -0.2) is 9.07 Å². The first-order valence-electron chi connectivity index (χ1n) is 22.0. The molecule has 4 fully saturated rings. The van der Waals surface area contributed by atoms with E-state index in [1.165, 1.54) is 11.6 Å². The summed E-state index contributed by atoms with van der Waals surface area (Å²) in [7, 11) is 0. The molecule has 330 valence electrons. The third-order valence-corrected chi connectivity index (χ3v) is 12.9. The van der Waals surface area contributed by atoms with Crippen molar-refractivity contribution in [1.29, 1.82) is 0 Å². The summed E-state index contributed by atoms with van der Waals surface area (Å²) in [4.78, 5) is 70.1. The molecule has 0 radical (unpaired) electrons. The Morgan fingerprint density at radius 1 is 0.766 bits per heavy atom. The number of carbonyl (C=O) groups is 4. The van der Waals surface area contributed by atoms with Crippen LogP contribution in [0.1, 0.15) is 52.0 Å². The third kappa shape index (κ3) is 8.40. The zero-order chi connectivity index (χ0) is 43.9. The van der Waals surface area contributed by atoms with E-state index in [0.717, 1.165) is 79.3 Å². The van der Waals surface area contributed by atoms with Crippen LogP contribution < -0.4 is 24.8 Å². The molecule has 16 nitrogen and oxygen atoms in total. The molecular weight excluding hydrogens is 820 g/mol. The number of nitrogens with zero attached hydrogens (tertiary/aromatic N) is 9. The van der Waals surface area contributed by atoms with Gasteiger partial charge in [-0.1, -0.05) is 23.8 Å². The molecular formula is C47H49FN10O6. The van der Waals surface area contributed by atoms with Crippen LogP contribution >= 0.6 is 0 Å². The van der Waals surface area contributed by atoms with Crippen molar-refractivity contribution in [2.75, 3.05) is 86.8 Å². The predicted molar refractivity (Wildman–Crippen MR) is 236 cm³/mol. The Labute approximate surface area is 369 Å². The lowest BCUT2D eigenvalue weighted by Gasteiger charge is -2.40. The molecule has 5 aliphatic rings. The summed E-state index contributed by atoms with van der Waals surface area (Å²) >= 11 is 0. The second kappa shape index (κ2) is 17.4. The number of anilines is 3. The number of piperidine rings is 2. The van der Waals surface area contributed by atoms with Gasteiger partial charge in [-0.3, -0.25) is 34.3 Å². The molecule has 1 atom stereocenters. The van der Waals surface area contributed by atoms with Crippen LogP contribution in [0.15, 0.2) is 79.0 Å². The molecule has 3 aromatic carbocycles. The first-order valence-corrected chi connectivity index (χ1v) is 22.0. The number of piperazine rings is 1. The van der Waals surface area contributed by atoms with Gasteiger partial charge >= 0.3 is 6.01 Å². The zero-order valence-corrected chi connectivity index (χ0v) is 35.6. The number of nitrogens with one attached hydrogen (secondary N) is 1.